The summed E-state index contributed by atoms with van der Waals surface area (Å²) in [6.07, 6.45) is 3.80. The first-order chi connectivity index (χ1) is 11.6. The van der Waals surface area contributed by atoms with Crippen molar-refractivity contribution in [3.8, 4) is 0 Å². The number of hydrogen-bond acceptors (Lipinski definition) is 3. The molecule has 0 saturated carbocycles. The summed E-state index contributed by atoms with van der Waals surface area (Å²) in [6, 6.07) is 7.09. The minimum absolute atomic E-state index is 0.120. The van der Waals surface area contributed by atoms with Crippen LogP contribution in [0.4, 0.5) is 10.5 Å². The Labute approximate surface area is 142 Å². The third kappa shape index (κ3) is 3.53. The van der Waals surface area contributed by atoms with Gasteiger partial charge in [-0.05, 0) is 50.3 Å². The lowest BCUT2D eigenvalue weighted by Crippen LogP contribution is -2.49. The largest absolute Gasteiger partial charge is 0.393 e. The molecule has 3 rings (SSSR count). The Balaban J connectivity index is 1.66. The number of urea groups is 1. The topological polar surface area (TPSA) is 81.7 Å². The fraction of sp³-hybridized carbons (Fsp3) is 0.556. The zero-order valence-corrected chi connectivity index (χ0v) is 14.0. The molecular weight excluding hydrogens is 306 g/mol. The van der Waals surface area contributed by atoms with Gasteiger partial charge in [-0.15, -0.1) is 0 Å². The number of carbonyl (C=O) groups is 2. The van der Waals surface area contributed by atoms with Crippen LogP contribution in [0.25, 0.3) is 0 Å². The summed E-state index contributed by atoms with van der Waals surface area (Å²) < 4.78 is 0. The SMILES string of the molecule is CCCNC(=O)c1cccc(NC(=O)N2C3CCC2CC(O)C3)c1. The molecule has 1 aromatic carbocycles. The van der Waals surface area contributed by atoms with E-state index in [1.165, 1.54) is 0 Å². The molecule has 6 nitrogen and oxygen atoms in total. The number of piperidine rings is 1. The molecule has 24 heavy (non-hydrogen) atoms. The number of nitrogens with one attached hydrogen (secondary N) is 2. The van der Waals surface area contributed by atoms with Gasteiger partial charge in [0.2, 0.25) is 0 Å². The molecule has 2 saturated heterocycles. The van der Waals surface area contributed by atoms with E-state index in [0.29, 0.717) is 30.6 Å². The van der Waals surface area contributed by atoms with Gasteiger partial charge in [0.1, 0.15) is 0 Å². The summed E-state index contributed by atoms with van der Waals surface area (Å²) in [6.45, 7) is 2.63. The lowest BCUT2D eigenvalue weighted by atomic mass is 10.0. The van der Waals surface area contributed by atoms with E-state index in [-0.39, 0.29) is 30.1 Å². The first kappa shape index (κ1) is 16.8. The lowest BCUT2D eigenvalue weighted by molar-refractivity contribution is 0.0580. The first-order valence-corrected chi connectivity index (χ1v) is 8.74. The van der Waals surface area contributed by atoms with Crippen molar-refractivity contribution in [2.75, 3.05) is 11.9 Å². The number of fused-ring (bicyclic) bond motifs is 2. The number of hydrogen-bond donors (Lipinski definition) is 3. The summed E-state index contributed by atoms with van der Waals surface area (Å²) in [5.41, 5.74) is 1.16. The molecule has 2 heterocycles. The molecule has 2 atom stereocenters. The van der Waals surface area contributed by atoms with Gasteiger partial charge in [-0.3, -0.25) is 4.79 Å². The Morgan fingerprint density at radius 3 is 2.62 bits per heavy atom. The molecule has 0 aromatic heterocycles. The second kappa shape index (κ2) is 7.21. The Kier molecular flexibility index (Phi) is 5.04. The number of nitrogens with zero attached hydrogens (tertiary/aromatic N) is 1. The molecule has 2 aliphatic heterocycles. The van der Waals surface area contributed by atoms with Gasteiger partial charge in [-0.2, -0.15) is 0 Å². The fourth-order valence-corrected chi connectivity index (χ4v) is 3.75. The second-order valence-corrected chi connectivity index (χ2v) is 6.68. The smallest absolute Gasteiger partial charge is 0.322 e. The van der Waals surface area contributed by atoms with Crippen LogP contribution in [-0.4, -0.2) is 46.7 Å². The zero-order chi connectivity index (χ0) is 17.1. The second-order valence-electron chi connectivity index (χ2n) is 6.68. The highest BCUT2D eigenvalue weighted by molar-refractivity contribution is 5.97. The molecule has 6 heteroatoms. The van der Waals surface area contributed by atoms with E-state index in [1.54, 1.807) is 24.3 Å². The standard InChI is InChI=1S/C18H25N3O3/c1-2-8-19-17(23)12-4-3-5-13(9-12)20-18(24)21-14-6-7-15(21)11-16(22)10-14/h3-5,9,14-16,22H,2,6-8,10-11H2,1H3,(H,19,23)(H,20,24). The third-order valence-electron chi connectivity index (χ3n) is 4.85. The molecule has 2 unspecified atom stereocenters. The summed E-state index contributed by atoms with van der Waals surface area (Å²) in [4.78, 5) is 26.5. The third-order valence-corrected chi connectivity index (χ3v) is 4.85. The highest BCUT2D eigenvalue weighted by Gasteiger charge is 2.42. The monoisotopic (exact) mass is 331 g/mol. The van der Waals surface area contributed by atoms with Crippen LogP contribution in [0.2, 0.25) is 0 Å². The lowest BCUT2D eigenvalue weighted by Gasteiger charge is -2.37. The average Bonchev–Trinajstić information content (AvgIpc) is 2.84. The van der Waals surface area contributed by atoms with Crippen LogP contribution in [0.3, 0.4) is 0 Å². The van der Waals surface area contributed by atoms with E-state index in [4.69, 9.17) is 0 Å². The predicted octanol–water partition coefficient (Wildman–Crippen LogP) is 2.35. The number of rotatable bonds is 4. The van der Waals surface area contributed by atoms with Gasteiger partial charge in [-0.1, -0.05) is 13.0 Å². The van der Waals surface area contributed by atoms with E-state index in [2.05, 4.69) is 10.6 Å². The van der Waals surface area contributed by atoms with Crippen LogP contribution in [0, 0.1) is 0 Å². The van der Waals surface area contributed by atoms with Crippen molar-refractivity contribution in [2.24, 2.45) is 0 Å². The van der Waals surface area contributed by atoms with Gasteiger partial charge in [0.15, 0.2) is 0 Å². The highest BCUT2D eigenvalue weighted by Crippen LogP contribution is 2.36. The van der Waals surface area contributed by atoms with Crippen LogP contribution < -0.4 is 10.6 Å². The van der Waals surface area contributed by atoms with Gasteiger partial charge in [-0.25, -0.2) is 4.79 Å². The normalized spacial score (nSPS) is 25.4. The molecule has 3 N–H and O–H groups in total. The summed E-state index contributed by atoms with van der Waals surface area (Å²) in [7, 11) is 0. The van der Waals surface area contributed by atoms with E-state index >= 15 is 0 Å². The van der Waals surface area contributed by atoms with Crippen molar-refractivity contribution in [2.45, 2.75) is 57.2 Å². The first-order valence-electron chi connectivity index (χ1n) is 8.74. The molecule has 0 spiro atoms. The highest BCUT2D eigenvalue weighted by atomic mass is 16.3. The molecule has 2 aliphatic rings. The van der Waals surface area contributed by atoms with Gasteiger partial charge in [0.05, 0.1) is 6.10 Å². The predicted molar refractivity (Wildman–Crippen MR) is 92.0 cm³/mol. The fourth-order valence-electron chi connectivity index (χ4n) is 3.75. The molecule has 0 aliphatic carbocycles. The van der Waals surface area contributed by atoms with Crippen molar-refractivity contribution in [1.29, 1.82) is 0 Å². The van der Waals surface area contributed by atoms with Crippen molar-refractivity contribution in [3.05, 3.63) is 29.8 Å². The molecule has 0 radical (unpaired) electrons. The average molecular weight is 331 g/mol. The van der Waals surface area contributed by atoms with Crippen molar-refractivity contribution in [3.63, 3.8) is 0 Å². The molecule has 1 aromatic rings. The number of aliphatic hydroxyl groups excluding tert-OH is 1. The maximum absolute atomic E-state index is 12.6. The van der Waals surface area contributed by atoms with Gasteiger partial charge in [0.25, 0.3) is 5.91 Å². The van der Waals surface area contributed by atoms with Crippen molar-refractivity contribution in [1.82, 2.24) is 10.2 Å². The minimum atomic E-state index is -0.294. The van der Waals surface area contributed by atoms with Crippen LogP contribution in [0.5, 0.6) is 0 Å². The van der Waals surface area contributed by atoms with Gasteiger partial charge < -0.3 is 20.6 Å². The number of carbonyl (C=O) groups excluding carboxylic acids is 2. The number of amides is 3. The van der Waals surface area contributed by atoms with E-state index < -0.39 is 0 Å². The number of benzene rings is 1. The number of aliphatic hydroxyl groups is 1. The molecule has 130 valence electrons. The van der Waals surface area contributed by atoms with Crippen LogP contribution >= 0.6 is 0 Å². The Bertz CT molecular complexity index is 605. The minimum Gasteiger partial charge on any atom is -0.393 e. The summed E-state index contributed by atoms with van der Waals surface area (Å²) in [5, 5.41) is 15.6. The molecule has 3 amide bonds. The maximum Gasteiger partial charge on any atom is 0.322 e. The van der Waals surface area contributed by atoms with Gasteiger partial charge in [0, 0.05) is 29.9 Å². The van der Waals surface area contributed by atoms with Crippen LogP contribution in [0.15, 0.2) is 24.3 Å². The molecular formula is C18H25N3O3. The Hall–Kier alpha value is -2.08. The molecule has 2 bridgehead atoms. The Morgan fingerprint density at radius 2 is 1.96 bits per heavy atom. The van der Waals surface area contributed by atoms with Crippen molar-refractivity contribution >= 4 is 17.6 Å². The van der Waals surface area contributed by atoms with E-state index in [9.17, 15) is 14.7 Å². The number of anilines is 1. The maximum atomic E-state index is 12.6. The van der Waals surface area contributed by atoms with E-state index in [0.717, 1.165) is 19.3 Å². The summed E-state index contributed by atoms with van der Waals surface area (Å²) >= 11 is 0. The van der Waals surface area contributed by atoms with Crippen LogP contribution in [-0.2, 0) is 0 Å². The van der Waals surface area contributed by atoms with E-state index in [1.807, 2.05) is 11.8 Å². The zero-order valence-electron chi connectivity index (χ0n) is 14.0. The van der Waals surface area contributed by atoms with Crippen LogP contribution in [0.1, 0.15) is 49.4 Å². The summed E-state index contributed by atoms with van der Waals surface area (Å²) in [5.74, 6) is -0.130. The Morgan fingerprint density at radius 1 is 1.25 bits per heavy atom. The quantitative estimate of drug-likeness (QED) is 0.792. The molecule has 2 fully saturated rings. The van der Waals surface area contributed by atoms with Crippen molar-refractivity contribution < 1.29 is 14.7 Å². The van der Waals surface area contributed by atoms with Gasteiger partial charge >= 0.3 is 6.03 Å².